The van der Waals surface area contributed by atoms with E-state index in [0.29, 0.717) is 0 Å². The van der Waals surface area contributed by atoms with Gasteiger partial charge in [0, 0.05) is 33.9 Å². The van der Waals surface area contributed by atoms with Crippen LogP contribution in [0.5, 0.6) is 5.75 Å². The van der Waals surface area contributed by atoms with Gasteiger partial charge >= 0.3 is 0 Å². The average Bonchev–Trinajstić information content (AvgIpc) is 3.62. The quantitative estimate of drug-likeness (QED) is 0.165. The van der Waals surface area contributed by atoms with Crippen molar-refractivity contribution in [1.82, 2.24) is 0 Å². The van der Waals surface area contributed by atoms with Gasteiger partial charge in [-0.05, 0) is 162 Å². The molecule has 3 nitrogen and oxygen atoms in total. The molecule has 0 radical (unpaired) electrons. The molecular formula is C63H75BN2O. The van der Waals surface area contributed by atoms with Crippen LogP contribution in [0.3, 0.4) is 0 Å². The molecule has 4 aliphatic rings. The Morgan fingerprint density at radius 2 is 1.03 bits per heavy atom. The lowest BCUT2D eigenvalue weighted by molar-refractivity contribution is 0.282. The van der Waals surface area contributed by atoms with Gasteiger partial charge in [0.05, 0.1) is 11.7 Å². The molecule has 0 saturated carbocycles. The molecule has 10 rings (SSSR count). The molecule has 0 fully saturated rings. The Balaban J connectivity index is 1.31. The van der Waals surface area contributed by atoms with E-state index >= 15 is 0 Å². The van der Waals surface area contributed by atoms with Gasteiger partial charge in [-0.1, -0.05) is 165 Å². The van der Waals surface area contributed by atoms with Gasteiger partial charge in [-0.2, -0.15) is 0 Å². The Bertz CT molecular complexity index is 2940. The molecule has 0 aromatic heterocycles. The molecule has 3 heterocycles. The Morgan fingerprint density at radius 3 is 1.61 bits per heavy atom. The van der Waals surface area contributed by atoms with Gasteiger partial charge in [0.15, 0.2) is 0 Å². The summed E-state index contributed by atoms with van der Waals surface area (Å²) in [6.45, 7) is 40.1. The first-order valence-electron chi connectivity index (χ1n) is 25.2. The summed E-state index contributed by atoms with van der Waals surface area (Å²) in [4.78, 5) is 5.34. The van der Waals surface area contributed by atoms with Gasteiger partial charge in [0.2, 0.25) is 0 Å². The molecule has 0 N–H and O–H groups in total. The Kier molecular flexibility index (Phi) is 10.1. The van der Waals surface area contributed by atoms with E-state index in [9.17, 15) is 0 Å². The average molecular weight is 887 g/mol. The highest BCUT2D eigenvalue weighted by Crippen LogP contribution is 2.56. The van der Waals surface area contributed by atoms with E-state index in [-0.39, 0.29) is 51.2 Å². The largest absolute Gasteiger partial charge is 0.495 e. The zero-order valence-corrected chi connectivity index (χ0v) is 43.8. The third kappa shape index (κ3) is 7.46. The van der Waals surface area contributed by atoms with E-state index in [1.54, 1.807) is 0 Å². The first-order chi connectivity index (χ1) is 31.1. The maximum Gasteiger partial charge on any atom is 0.267 e. The molecule has 0 amide bonds. The minimum absolute atomic E-state index is 0.00832. The predicted octanol–water partition coefficient (Wildman–Crippen LogP) is 15.8. The highest BCUT2D eigenvalue weighted by molar-refractivity contribution is 6.91. The molecule has 6 aromatic carbocycles. The minimum atomic E-state index is -0.162. The van der Waals surface area contributed by atoms with E-state index in [1.165, 1.54) is 101 Å². The molecule has 3 aliphatic heterocycles. The van der Waals surface area contributed by atoms with Crippen molar-refractivity contribution < 1.29 is 4.74 Å². The zero-order chi connectivity index (χ0) is 48.1. The van der Waals surface area contributed by atoms with Crippen LogP contribution in [0.1, 0.15) is 174 Å². The van der Waals surface area contributed by atoms with E-state index in [4.69, 9.17) is 4.74 Å². The predicted molar refractivity (Wildman–Crippen MR) is 289 cm³/mol. The van der Waals surface area contributed by atoms with E-state index in [1.807, 2.05) is 0 Å². The van der Waals surface area contributed by atoms with Crippen molar-refractivity contribution in [2.24, 2.45) is 0 Å². The Morgan fingerprint density at radius 1 is 0.522 bits per heavy atom. The number of hydrogen-bond donors (Lipinski definition) is 0. The lowest BCUT2D eigenvalue weighted by Crippen LogP contribution is -2.65. The second-order valence-corrected chi connectivity index (χ2v) is 26.3. The van der Waals surface area contributed by atoms with Crippen molar-refractivity contribution in [1.29, 1.82) is 0 Å². The van der Waals surface area contributed by atoms with Crippen LogP contribution in [0, 0.1) is 6.92 Å². The number of hydrogen-bond acceptors (Lipinski definition) is 3. The van der Waals surface area contributed by atoms with Crippen molar-refractivity contribution in [3.05, 3.63) is 154 Å². The van der Waals surface area contributed by atoms with Crippen LogP contribution in [-0.2, 0) is 32.5 Å². The van der Waals surface area contributed by atoms with Crippen LogP contribution >= 0.6 is 0 Å². The number of ether oxygens (including phenoxy) is 1. The van der Waals surface area contributed by atoms with Crippen molar-refractivity contribution in [3.8, 4) is 16.9 Å². The molecule has 0 saturated heterocycles. The van der Waals surface area contributed by atoms with E-state index < -0.39 is 0 Å². The Hall–Kier alpha value is -5.22. The van der Waals surface area contributed by atoms with Gasteiger partial charge in [0.1, 0.15) is 11.8 Å². The smallest absolute Gasteiger partial charge is 0.267 e. The molecule has 0 bridgehead atoms. The van der Waals surface area contributed by atoms with Crippen LogP contribution in [0.15, 0.2) is 109 Å². The van der Waals surface area contributed by atoms with Crippen molar-refractivity contribution in [3.63, 3.8) is 0 Å². The van der Waals surface area contributed by atoms with Crippen molar-refractivity contribution in [2.45, 2.75) is 175 Å². The van der Waals surface area contributed by atoms with Gasteiger partial charge in [-0.3, -0.25) is 0 Å². The molecule has 2 unspecified atom stereocenters. The summed E-state index contributed by atoms with van der Waals surface area (Å²) < 4.78 is 7.51. The highest BCUT2D eigenvalue weighted by Gasteiger charge is 2.56. The molecule has 4 heteroatoms. The zero-order valence-electron chi connectivity index (χ0n) is 43.8. The number of anilines is 5. The Labute approximate surface area is 404 Å². The first kappa shape index (κ1) is 45.6. The summed E-state index contributed by atoms with van der Waals surface area (Å²) in [6.07, 6.45) is 2.32. The van der Waals surface area contributed by atoms with Crippen LogP contribution in [-0.4, -0.2) is 12.7 Å². The molecule has 0 spiro atoms. The van der Waals surface area contributed by atoms with Gasteiger partial charge in [0.25, 0.3) is 6.71 Å². The second-order valence-electron chi connectivity index (χ2n) is 26.3. The van der Waals surface area contributed by atoms with Crippen LogP contribution in [0.2, 0.25) is 0 Å². The molecule has 1 aliphatic carbocycles. The van der Waals surface area contributed by atoms with Crippen LogP contribution in [0.4, 0.5) is 28.4 Å². The van der Waals surface area contributed by atoms with Gasteiger partial charge in [-0.15, -0.1) is 0 Å². The topological polar surface area (TPSA) is 15.7 Å². The van der Waals surface area contributed by atoms with E-state index in [2.05, 4.69) is 237 Å². The van der Waals surface area contributed by atoms with Gasteiger partial charge < -0.3 is 14.5 Å². The maximum absolute atomic E-state index is 7.51. The van der Waals surface area contributed by atoms with Crippen molar-refractivity contribution in [2.75, 3.05) is 9.80 Å². The number of fused-ring (bicyclic) bond motifs is 7. The second kappa shape index (κ2) is 14.9. The van der Waals surface area contributed by atoms with E-state index in [0.717, 1.165) is 12.2 Å². The maximum atomic E-state index is 7.51. The molecule has 2 atom stereocenters. The summed E-state index contributed by atoms with van der Waals surface area (Å²) in [5.74, 6) is 1.00. The summed E-state index contributed by atoms with van der Waals surface area (Å²) >= 11 is 0. The monoisotopic (exact) mass is 887 g/mol. The normalized spacial score (nSPS) is 19.3. The lowest BCUT2D eigenvalue weighted by atomic mass is 9.32. The van der Waals surface area contributed by atoms with Crippen molar-refractivity contribution >= 4 is 46.1 Å². The fourth-order valence-corrected chi connectivity index (χ4v) is 11.8. The SMILES string of the molecule is Cc1cc2c3c(c1)N(c1ccc(C(C)(C)C)cc1)C1c4cc(C(C)(C)C)ccc4OC1B3c1cc(C(C)(C)C)ccc1N2c1cc2c(cc1-c1ccc(C(C)(C)C)cc1)C(C)(C)CCC2(C)C. The number of nitrogens with zero attached hydrogens (tertiary/aromatic N) is 2. The summed E-state index contributed by atoms with van der Waals surface area (Å²) in [6, 6.07) is 43.4. The van der Waals surface area contributed by atoms with Crippen LogP contribution < -0.4 is 25.5 Å². The summed E-state index contributed by atoms with van der Waals surface area (Å²) in [7, 11) is 0. The fourth-order valence-electron chi connectivity index (χ4n) is 11.8. The van der Waals surface area contributed by atoms with Gasteiger partial charge in [-0.25, -0.2) is 0 Å². The molecular weight excluding hydrogens is 812 g/mol. The summed E-state index contributed by atoms with van der Waals surface area (Å²) in [5.41, 5.74) is 22.4. The molecule has 346 valence electrons. The summed E-state index contributed by atoms with van der Waals surface area (Å²) in [5, 5.41) is 0. The standard InChI is InChI=1S/C63H75BN2O/c1-38-32-52-55-53(33-38)66(51-37-48-47(62(14,15)30-31-63(48,16)17)36-45(51)39-18-20-40(21-19-39)58(2,3)4)50-28-24-43(61(11,12)13)35-49(50)64(55)57-56(46-34-42(60(8,9)10)25-29-54(46)67-57)65(52)44-26-22-41(23-27-44)59(5,6)7/h18-29,32-37,56-57H,30-31H2,1-17H3. The minimum Gasteiger partial charge on any atom is -0.495 e. The van der Waals surface area contributed by atoms with Crippen LogP contribution in [0.25, 0.3) is 11.1 Å². The number of benzene rings is 6. The highest BCUT2D eigenvalue weighted by atomic mass is 16.5. The first-order valence-corrected chi connectivity index (χ1v) is 25.2. The molecule has 6 aromatic rings. The number of rotatable bonds is 3. The fraction of sp³-hybridized carbons (Fsp3) is 0.429. The lowest BCUT2D eigenvalue weighted by Gasteiger charge is -2.49. The number of aryl methyl sites for hydroxylation is 1. The molecule has 67 heavy (non-hydrogen) atoms. The third-order valence-corrected chi connectivity index (χ3v) is 16.2. The third-order valence-electron chi connectivity index (χ3n) is 16.2.